The van der Waals surface area contributed by atoms with Crippen LogP contribution in [0.5, 0.6) is 11.5 Å². The molecular formula is C29H25ClFN5O4. The Morgan fingerprint density at radius 2 is 2.00 bits per heavy atom. The van der Waals surface area contributed by atoms with Crippen molar-refractivity contribution >= 4 is 34.3 Å². The van der Waals surface area contributed by atoms with E-state index in [4.69, 9.17) is 26.1 Å². The van der Waals surface area contributed by atoms with Crippen molar-refractivity contribution < 1.29 is 23.5 Å². The number of hydrogen-bond donors (Lipinski definition) is 0. The molecule has 1 atom stereocenters. The molecule has 2 aliphatic rings. The van der Waals surface area contributed by atoms with Gasteiger partial charge >= 0.3 is 0 Å². The van der Waals surface area contributed by atoms with E-state index in [1.807, 2.05) is 25.2 Å². The fourth-order valence-electron chi connectivity index (χ4n) is 5.44. The number of benzene rings is 2. The van der Waals surface area contributed by atoms with Gasteiger partial charge in [-0.15, -0.1) is 0 Å². The predicted octanol–water partition coefficient (Wildman–Crippen LogP) is 4.33. The number of piperazine rings is 1. The standard InChI is InChI=1S/C29H25ClFN5O4/c1-4-22(37)35-11-12-36-16(14-35)15-40-28-24(29(36)38)26(17-7-5-9-20-18(17)13-32-34(20)2)33-27(25(28)30)23-19(31)8-6-10-21(23)39-3/h4-10,13,16H,1,11-12,14-15H2,2-3H3/t16-/m1/s1. The van der Waals surface area contributed by atoms with E-state index in [0.29, 0.717) is 18.7 Å². The minimum Gasteiger partial charge on any atom is -0.496 e. The van der Waals surface area contributed by atoms with Crippen LogP contribution in [0.25, 0.3) is 33.4 Å². The van der Waals surface area contributed by atoms with Crippen LogP contribution in [0, 0.1) is 5.82 Å². The lowest BCUT2D eigenvalue weighted by Crippen LogP contribution is -2.57. The van der Waals surface area contributed by atoms with Crippen molar-refractivity contribution in [1.29, 1.82) is 0 Å². The molecule has 0 N–H and O–H groups in total. The summed E-state index contributed by atoms with van der Waals surface area (Å²) in [5, 5.41) is 5.13. The Labute approximate surface area is 234 Å². The van der Waals surface area contributed by atoms with E-state index in [0.717, 1.165) is 10.9 Å². The van der Waals surface area contributed by atoms with Gasteiger partial charge < -0.3 is 19.3 Å². The smallest absolute Gasteiger partial charge is 0.260 e. The fraction of sp³-hybridized carbons (Fsp3) is 0.241. The van der Waals surface area contributed by atoms with Gasteiger partial charge in [0.1, 0.15) is 34.5 Å². The van der Waals surface area contributed by atoms with E-state index in [-0.39, 0.29) is 64.0 Å². The summed E-state index contributed by atoms with van der Waals surface area (Å²) in [5.41, 5.74) is 2.04. The second kappa shape index (κ2) is 9.95. The number of carbonyl (C=O) groups is 2. The Morgan fingerprint density at radius 1 is 1.20 bits per heavy atom. The van der Waals surface area contributed by atoms with Gasteiger partial charge in [0.25, 0.3) is 5.91 Å². The molecule has 4 heterocycles. The third-order valence-corrected chi connectivity index (χ3v) is 7.79. The number of amides is 2. The lowest BCUT2D eigenvalue weighted by Gasteiger charge is -2.39. The summed E-state index contributed by atoms with van der Waals surface area (Å²) in [5.74, 6) is -0.799. The molecule has 40 heavy (non-hydrogen) atoms. The van der Waals surface area contributed by atoms with Gasteiger partial charge in [-0.25, -0.2) is 9.37 Å². The number of aromatic nitrogens is 3. The molecule has 0 radical (unpaired) electrons. The molecule has 204 valence electrons. The minimum atomic E-state index is -0.588. The first kappa shape index (κ1) is 25.8. The summed E-state index contributed by atoms with van der Waals surface area (Å²) < 4.78 is 28.7. The molecule has 0 unspecified atom stereocenters. The Balaban J connectivity index is 1.61. The minimum absolute atomic E-state index is 0.00673. The normalized spacial score (nSPS) is 16.7. The maximum atomic E-state index is 15.3. The third kappa shape index (κ3) is 3.98. The Hall–Kier alpha value is -4.44. The van der Waals surface area contributed by atoms with Gasteiger partial charge in [0.2, 0.25) is 5.91 Å². The van der Waals surface area contributed by atoms with Crippen LogP contribution in [0.3, 0.4) is 0 Å². The molecule has 2 amide bonds. The number of hydrogen-bond acceptors (Lipinski definition) is 6. The van der Waals surface area contributed by atoms with Gasteiger partial charge in [-0.05, 0) is 24.3 Å². The second-order valence-corrected chi connectivity index (χ2v) is 9.98. The molecule has 9 nitrogen and oxygen atoms in total. The van der Waals surface area contributed by atoms with Gasteiger partial charge in [-0.1, -0.05) is 36.4 Å². The molecule has 0 spiro atoms. The summed E-state index contributed by atoms with van der Waals surface area (Å²) >= 11 is 6.91. The summed E-state index contributed by atoms with van der Waals surface area (Å²) in [6, 6.07) is 9.59. The van der Waals surface area contributed by atoms with E-state index >= 15 is 4.39 Å². The van der Waals surface area contributed by atoms with E-state index in [1.165, 1.54) is 25.3 Å². The molecule has 1 saturated heterocycles. The number of methoxy groups -OCH3 is 1. The van der Waals surface area contributed by atoms with Crippen molar-refractivity contribution in [2.24, 2.45) is 7.05 Å². The Kier molecular flexibility index (Phi) is 6.42. The number of pyridine rings is 1. The third-order valence-electron chi connectivity index (χ3n) is 7.44. The van der Waals surface area contributed by atoms with Crippen LogP contribution in [0.15, 0.2) is 55.3 Å². The molecule has 2 aromatic heterocycles. The molecule has 0 saturated carbocycles. The van der Waals surface area contributed by atoms with Gasteiger partial charge in [-0.3, -0.25) is 14.3 Å². The van der Waals surface area contributed by atoms with Crippen LogP contribution in [0.4, 0.5) is 4.39 Å². The Bertz CT molecular complexity index is 1700. The first-order chi connectivity index (χ1) is 19.3. The van der Waals surface area contributed by atoms with E-state index in [9.17, 15) is 9.59 Å². The number of nitrogens with zero attached hydrogens (tertiary/aromatic N) is 5. The largest absolute Gasteiger partial charge is 0.496 e. The highest BCUT2D eigenvalue weighted by molar-refractivity contribution is 6.35. The maximum absolute atomic E-state index is 15.3. The molecule has 1 fully saturated rings. The molecule has 0 aliphatic carbocycles. The average molecular weight is 562 g/mol. The van der Waals surface area contributed by atoms with Gasteiger partial charge in [0, 0.05) is 37.6 Å². The highest BCUT2D eigenvalue weighted by atomic mass is 35.5. The van der Waals surface area contributed by atoms with Gasteiger partial charge in [-0.2, -0.15) is 5.10 Å². The number of carbonyl (C=O) groups excluding carboxylic acids is 2. The Morgan fingerprint density at radius 3 is 2.77 bits per heavy atom. The number of fused-ring (bicyclic) bond motifs is 3. The molecular weight excluding hydrogens is 537 g/mol. The van der Waals surface area contributed by atoms with Crippen LogP contribution in [-0.2, 0) is 11.8 Å². The summed E-state index contributed by atoms with van der Waals surface area (Å²) in [4.78, 5) is 34.7. The molecule has 11 heteroatoms. The van der Waals surface area contributed by atoms with E-state index in [2.05, 4.69) is 11.7 Å². The molecule has 2 aliphatic heterocycles. The van der Waals surface area contributed by atoms with Gasteiger partial charge in [0.05, 0.1) is 36.1 Å². The number of halogens is 2. The van der Waals surface area contributed by atoms with Crippen molar-refractivity contribution in [3.8, 4) is 34.0 Å². The summed E-state index contributed by atoms with van der Waals surface area (Å²) in [6.07, 6.45) is 2.95. The summed E-state index contributed by atoms with van der Waals surface area (Å²) in [7, 11) is 3.25. The highest BCUT2D eigenvalue weighted by Gasteiger charge is 2.40. The molecule has 0 bridgehead atoms. The number of aryl methyl sites for hydroxylation is 1. The molecule has 6 rings (SSSR count). The summed E-state index contributed by atoms with van der Waals surface area (Å²) in [6.45, 7) is 4.57. The van der Waals surface area contributed by atoms with Crippen LogP contribution >= 0.6 is 11.6 Å². The zero-order valence-electron chi connectivity index (χ0n) is 21.9. The first-order valence-corrected chi connectivity index (χ1v) is 13.0. The zero-order valence-corrected chi connectivity index (χ0v) is 22.6. The highest BCUT2D eigenvalue weighted by Crippen LogP contribution is 2.47. The lowest BCUT2D eigenvalue weighted by molar-refractivity contribution is -0.128. The maximum Gasteiger partial charge on any atom is 0.260 e. The average Bonchev–Trinajstić information content (AvgIpc) is 3.28. The van der Waals surface area contributed by atoms with Gasteiger partial charge in [0.15, 0.2) is 5.75 Å². The lowest BCUT2D eigenvalue weighted by atomic mass is 9.98. The first-order valence-electron chi connectivity index (χ1n) is 12.7. The quantitative estimate of drug-likeness (QED) is 0.345. The SMILES string of the molecule is C=CC(=O)N1CCN2C(=O)c3c(-c4cccc5c4cnn5C)nc(-c4c(F)cccc4OC)c(Cl)c3OC[C@H]2C1. The number of ether oxygens (including phenoxy) is 2. The number of rotatable bonds is 4. The van der Waals surface area contributed by atoms with Crippen LogP contribution < -0.4 is 9.47 Å². The second-order valence-electron chi connectivity index (χ2n) is 9.60. The van der Waals surface area contributed by atoms with Crippen molar-refractivity contribution in [3.63, 3.8) is 0 Å². The van der Waals surface area contributed by atoms with Crippen molar-refractivity contribution in [2.75, 3.05) is 33.4 Å². The van der Waals surface area contributed by atoms with Crippen LogP contribution in [0.1, 0.15) is 10.4 Å². The topological polar surface area (TPSA) is 89.8 Å². The van der Waals surface area contributed by atoms with Crippen LogP contribution in [0.2, 0.25) is 5.02 Å². The predicted molar refractivity (Wildman–Crippen MR) is 148 cm³/mol. The van der Waals surface area contributed by atoms with E-state index in [1.54, 1.807) is 26.7 Å². The fourth-order valence-corrected chi connectivity index (χ4v) is 5.73. The van der Waals surface area contributed by atoms with Crippen molar-refractivity contribution in [1.82, 2.24) is 24.6 Å². The molecule has 2 aromatic carbocycles. The van der Waals surface area contributed by atoms with Crippen molar-refractivity contribution in [2.45, 2.75) is 6.04 Å². The monoisotopic (exact) mass is 561 g/mol. The van der Waals surface area contributed by atoms with Crippen LogP contribution in [-0.4, -0.2) is 75.8 Å². The zero-order chi connectivity index (χ0) is 28.1. The van der Waals surface area contributed by atoms with Crippen molar-refractivity contribution in [3.05, 3.63) is 71.7 Å². The molecule has 4 aromatic rings. The van der Waals surface area contributed by atoms with E-state index < -0.39 is 11.9 Å².